The lowest BCUT2D eigenvalue weighted by Crippen LogP contribution is -2.17. The third-order valence-electron chi connectivity index (χ3n) is 4.71. The first-order valence-corrected chi connectivity index (χ1v) is 10.6. The van der Waals surface area contributed by atoms with Gasteiger partial charge in [-0.3, -0.25) is 14.9 Å². The van der Waals surface area contributed by atoms with Gasteiger partial charge in [0.25, 0.3) is 11.1 Å². The molecule has 6 heteroatoms. The van der Waals surface area contributed by atoms with Crippen LogP contribution in [0.25, 0.3) is 6.08 Å². The lowest BCUT2D eigenvalue weighted by Gasteiger charge is -2.11. The van der Waals surface area contributed by atoms with Crippen LogP contribution in [0.2, 0.25) is 0 Å². The largest absolute Gasteiger partial charge is 0.493 e. The van der Waals surface area contributed by atoms with E-state index in [0.29, 0.717) is 24.0 Å². The van der Waals surface area contributed by atoms with Crippen molar-refractivity contribution in [1.29, 1.82) is 0 Å². The van der Waals surface area contributed by atoms with Crippen LogP contribution < -0.4 is 14.8 Å². The first-order valence-electron chi connectivity index (χ1n) is 9.75. The molecule has 1 saturated heterocycles. The van der Waals surface area contributed by atoms with Crippen molar-refractivity contribution >= 4 is 29.0 Å². The minimum absolute atomic E-state index is 0.338. The smallest absolute Gasteiger partial charge is 0.290 e. The summed E-state index contributed by atoms with van der Waals surface area (Å²) in [4.78, 5) is 23.1. The highest BCUT2D eigenvalue weighted by Gasteiger charge is 2.24. The van der Waals surface area contributed by atoms with E-state index in [1.54, 1.807) is 6.08 Å². The highest BCUT2D eigenvalue weighted by atomic mass is 32.2. The highest BCUT2D eigenvalue weighted by molar-refractivity contribution is 8.18. The van der Waals surface area contributed by atoms with Gasteiger partial charge in [-0.15, -0.1) is 0 Å². The molecule has 0 radical (unpaired) electrons. The number of carbonyl (C=O) groups is 2. The van der Waals surface area contributed by atoms with Crippen LogP contribution in [-0.2, 0) is 4.79 Å². The molecule has 3 rings (SSSR count). The van der Waals surface area contributed by atoms with Crippen molar-refractivity contribution in [2.45, 2.75) is 32.6 Å². The molecule has 1 atom stereocenters. The van der Waals surface area contributed by atoms with Gasteiger partial charge >= 0.3 is 0 Å². The predicted octanol–water partition coefficient (Wildman–Crippen LogP) is 5.37. The molecule has 1 fully saturated rings. The van der Waals surface area contributed by atoms with Gasteiger partial charge < -0.3 is 9.47 Å². The number of hydrogen-bond donors (Lipinski definition) is 1. The number of benzene rings is 2. The van der Waals surface area contributed by atoms with Gasteiger partial charge in [0, 0.05) is 6.42 Å². The van der Waals surface area contributed by atoms with E-state index in [0.717, 1.165) is 41.7 Å². The third-order valence-corrected chi connectivity index (χ3v) is 5.52. The number of hydrogen-bond acceptors (Lipinski definition) is 5. The molecule has 1 aliphatic rings. The molecule has 1 N–H and O–H groups in total. The van der Waals surface area contributed by atoms with Crippen LogP contribution in [0.4, 0.5) is 4.79 Å². The summed E-state index contributed by atoms with van der Waals surface area (Å²) in [6, 6.07) is 15.7. The molecule has 1 aliphatic heterocycles. The Bertz CT molecular complexity index is 875. The Kier molecular flexibility index (Phi) is 7.36. The summed E-state index contributed by atoms with van der Waals surface area (Å²) >= 11 is 0.910. The van der Waals surface area contributed by atoms with Crippen LogP contribution in [0, 0.1) is 0 Å². The average Bonchev–Trinajstić information content (AvgIpc) is 3.05. The second-order valence-electron chi connectivity index (χ2n) is 6.85. The van der Waals surface area contributed by atoms with Crippen molar-refractivity contribution in [3.05, 3.63) is 64.6 Å². The van der Waals surface area contributed by atoms with E-state index in [1.165, 1.54) is 5.56 Å². The van der Waals surface area contributed by atoms with Gasteiger partial charge in [-0.05, 0) is 65.6 Å². The van der Waals surface area contributed by atoms with Gasteiger partial charge in [0.1, 0.15) is 11.5 Å². The first-order chi connectivity index (χ1) is 14.0. The maximum atomic E-state index is 11.6. The summed E-state index contributed by atoms with van der Waals surface area (Å²) in [5.41, 5.74) is 2.18. The molecule has 0 spiro atoms. The zero-order valence-electron chi connectivity index (χ0n) is 16.6. The SMILES string of the molecule is CC[C@H](C)c1ccc(OCCCOc2ccc(/C=C3\SC(=O)NC3=O)cc2)cc1. The van der Waals surface area contributed by atoms with E-state index in [1.807, 2.05) is 36.4 Å². The summed E-state index contributed by atoms with van der Waals surface area (Å²) in [6.45, 7) is 5.56. The van der Waals surface area contributed by atoms with E-state index in [4.69, 9.17) is 9.47 Å². The Hall–Kier alpha value is -2.73. The number of nitrogens with one attached hydrogen (secondary N) is 1. The molecule has 2 amide bonds. The van der Waals surface area contributed by atoms with Crippen molar-refractivity contribution in [3.63, 3.8) is 0 Å². The maximum Gasteiger partial charge on any atom is 0.290 e. The van der Waals surface area contributed by atoms with E-state index in [2.05, 4.69) is 31.3 Å². The Morgan fingerprint density at radius 3 is 2.07 bits per heavy atom. The molecule has 2 aromatic rings. The maximum absolute atomic E-state index is 11.6. The Morgan fingerprint density at radius 2 is 1.55 bits per heavy atom. The standard InChI is InChI=1S/C23H25NO4S/c1-3-16(2)18-7-11-20(12-8-18)28-14-4-13-27-19-9-5-17(6-10-19)15-21-22(25)24-23(26)29-21/h5-12,15-16H,3-4,13-14H2,1-2H3,(H,24,25,26)/b21-15-/t16-/m0/s1. The molecule has 29 heavy (non-hydrogen) atoms. The number of imide groups is 1. The normalized spacial score (nSPS) is 16.0. The summed E-state index contributed by atoms with van der Waals surface area (Å²) < 4.78 is 11.5. The Labute approximate surface area is 175 Å². The van der Waals surface area contributed by atoms with E-state index in [-0.39, 0.29) is 11.1 Å². The Morgan fingerprint density at radius 1 is 0.966 bits per heavy atom. The van der Waals surface area contributed by atoms with Crippen molar-refractivity contribution in [3.8, 4) is 11.5 Å². The van der Waals surface area contributed by atoms with Crippen LogP contribution in [-0.4, -0.2) is 24.4 Å². The van der Waals surface area contributed by atoms with Crippen molar-refractivity contribution in [2.24, 2.45) is 0 Å². The fraction of sp³-hybridized carbons (Fsp3) is 0.304. The highest BCUT2D eigenvalue weighted by Crippen LogP contribution is 2.26. The zero-order valence-corrected chi connectivity index (χ0v) is 17.5. The quantitative estimate of drug-likeness (QED) is 0.444. The molecular formula is C23H25NO4S. The van der Waals surface area contributed by atoms with E-state index >= 15 is 0 Å². The summed E-state index contributed by atoms with van der Waals surface area (Å²) in [5.74, 6) is 1.85. The number of carbonyl (C=O) groups excluding carboxylic acids is 2. The summed E-state index contributed by atoms with van der Waals surface area (Å²) in [6.07, 6.45) is 3.59. The van der Waals surface area contributed by atoms with Crippen LogP contribution in [0.1, 0.15) is 43.7 Å². The third kappa shape index (κ3) is 6.12. The monoisotopic (exact) mass is 411 g/mol. The van der Waals surface area contributed by atoms with Gasteiger partial charge in [-0.1, -0.05) is 38.1 Å². The van der Waals surface area contributed by atoms with Gasteiger partial charge in [0.15, 0.2) is 0 Å². The molecular weight excluding hydrogens is 386 g/mol. The van der Waals surface area contributed by atoms with Gasteiger partial charge in [-0.2, -0.15) is 0 Å². The molecule has 0 saturated carbocycles. The molecule has 0 aromatic heterocycles. The summed E-state index contributed by atoms with van der Waals surface area (Å²) in [7, 11) is 0. The molecule has 152 valence electrons. The first kappa shape index (κ1) is 21.0. The van der Waals surface area contributed by atoms with Crippen molar-refractivity contribution in [2.75, 3.05) is 13.2 Å². The fourth-order valence-electron chi connectivity index (χ4n) is 2.80. The van der Waals surface area contributed by atoms with Gasteiger partial charge in [-0.25, -0.2) is 0 Å². The second kappa shape index (κ2) is 10.2. The van der Waals surface area contributed by atoms with Gasteiger partial charge in [0.05, 0.1) is 18.1 Å². The average molecular weight is 412 g/mol. The van der Waals surface area contributed by atoms with Crippen LogP contribution >= 0.6 is 11.8 Å². The Balaban J connectivity index is 1.39. The molecule has 0 unspecified atom stereocenters. The van der Waals surface area contributed by atoms with E-state index < -0.39 is 0 Å². The lowest BCUT2D eigenvalue weighted by atomic mass is 9.99. The number of ether oxygens (including phenoxy) is 2. The molecule has 0 bridgehead atoms. The minimum Gasteiger partial charge on any atom is -0.493 e. The second-order valence-corrected chi connectivity index (χ2v) is 7.86. The fourth-order valence-corrected chi connectivity index (χ4v) is 3.48. The lowest BCUT2D eigenvalue weighted by molar-refractivity contribution is -0.115. The molecule has 5 nitrogen and oxygen atoms in total. The molecule has 0 aliphatic carbocycles. The van der Waals surface area contributed by atoms with Crippen LogP contribution in [0.3, 0.4) is 0 Å². The minimum atomic E-state index is -0.352. The number of rotatable bonds is 9. The van der Waals surface area contributed by atoms with Crippen LogP contribution in [0.15, 0.2) is 53.4 Å². The molecule has 2 aromatic carbocycles. The number of amides is 2. The van der Waals surface area contributed by atoms with E-state index in [9.17, 15) is 9.59 Å². The topological polar surface area (TPSA) is 64.6 Å². The van der Waals surface area contributed by atoms with Gasteiger partial charge in [0.2, 0.25) is 0 Å². The van der Waals surface area contributed by atoms with Crippen LogP contribution in [0.5, 0.6) is 11.5 Å². The molecule has 1 heterocycles. The predicted molar refractivity (Wildman–Crippen MR) is 116 cm³/mol. The van der Waals surface area contributed by atoms with Crippen molar-refractivity contribution < 1.29 is 19.1 Å². The van der Waals surface area contributed by atoms with Crippen molar-refractivity contribution in [1.82, 2.24) is 5.32 Å². The number of thioether (sulfide) groups is 1. The zero-order chi connectivity index (χ0) is 20.6. The summed E-state index contributed by atoms with van der Waals surface area (Å²) in [5, 5.41) is 1.90.